The normalized spacial score (nSPS) is 13.5. The SMILES string of the molecule is CC(C)(C)c1ccc(N(c2ccc(-c3ccc(-c4ccccc4)cc3)cc2)c2cccc(N3c4ccccc4C4(c5ccsc5-c5sccc54)c4ccc5c(oc6ccccc65)c43)c2)cc1. The molecule has 3 nitrogen and oxygen atoms in total. The molecule has 0 bridgehead atoms. The first-order valence-corrected chi connectivity index (χ1v) is 24.4. The highest BCUT2D eigenvalue weighted by Crippen LogP contribution is 2.66. The van der Waals surface area contributed by atoms with Crippen LogP contribution in [0.3, 0.4) is 0 Å². The van der Waals surface area contributed by atoms with Crippen LogP contribution >= 0.6 is 22.7 Å². The van der Waals surface area contributed by atoms with Crippen LogP contribution in [0.25, 0.3) is 53.9 Å². The third-order valence-corrected chi connectivity index (χ3v) is 15.8. The maximum atomic E-state index is 7.04. The van der Waals surface area contributed by atoms with E-state index in [2.05, 4.69) is 242 Å². The number of hydrogen-bond acceptors (Lipinski definition) is 5. The van der Waals surface area contributed by atoms with Gasteiger partial charge in [-0.1, -0.05) is 148 Å². The minimum Gasteiger partial charge on any atom is -0.454 e. The van der Waals surface area contributed by atoms with Gasteiger partial charge in [0.05, 0.1) is 16.8 Å². The summed E-state index contributed by atoms with van der Waals surface area (Å²) in [6.07, 6.45) is 0. The van der Waals surface area contributed by atoms with E-state index in [4.69, 9.17) is 4.42 Å². The van der Waals surface area contributed by atoms with Crippen molar-refractivity contribution in [3.8, 4) is 32.0 Å². The van der Waals surface area contributed by atoms with Crippen molar-refractivity contribution in [3.63, 3.8) is 0 Å². The van der Waals surface area contributed by atoms with Gasteiger partial charge in [0.15, 0.2) is 5.58 Å². The molecule has 2 aliphatic rings. The van der Waals surface area contributed by atoms with Gasteiger partial charge in [0.1, 0.15) is 5.58 Å². The zero-order valence-electron chi connectivity index (χ0n) is 36.8. The Labute approximate surface area is 393 Å². The van der Waals surface area contributed by atoms with Gasteiger partial charge >= 0.3 is 0 Å². The number of rotatable bonds is 6. The van der Waals surface area contributed by atoms with Crippen molar-refractivity contribution in [2.45, 2.75) is 31.6 Å². The van der Waals surface area contributed by atoms with E-state index in [1.54, 1.807) is 0 Å². The number of anilines is 6. The van der Waals surface area contributed by atoms with Gasteiger partial charge in [-0.3, -0.25) is 0 Å². The molecule has 0 atom stereocenters. The Balaban J connectivity index is 0.992. The number of para-hydroxylation sites is 2. The van der Waals surface area contributed by atoms with Crippen LogP contribution in [0.2, 0.25) is 0 Å². The summed E-state index contributed by atoms with van der Waals surface area (Å²) in [7, 11) is 0. The number of benzene rings is 8. The van der Waals surface area contributed by atoms with Crippen LogP contribution in [0.5, 0.6) is 0 Å². The number of fused-ring (bicyclic) bond motifs is 13. The molecular formula is C61H44N2OS2. The smallest absolute Gasteiger partial charge is 0.159 e. The van der Waals surface area contributed by atoms with Crippen molar-refractivity contribution in [1.82, 2.24) is 0 Å². The lowest BCUT2D eigenvalue weighted by atomic mass is 9.65. The van der Waals surface area contributed by atoms with Gasteiger partial charge in [-0.2, -0.15) is 0 Å². The molecule has 0 N–H and O–H groups in total. The molecule has 3 aromatic heterocycles. The van der Waals surface area contributed by atoms with Gasteiger partial charge in [-0.05, 0) is 139 Å². The molecule has 0 saturated carbocycles. The summed E-state index contributed by atoms with van der Waals surface area (Å²) in [6, 6.07) is 73.6. The third-order valence-electron chi connectivity index (χ3n) is 13.8. The molecule has 0 saturated heterocycles. The van der Waals surface area contributed by atoms with Crippen LogP contribution in [-0.4, -0.2) is 0 Å². The van der Waals surface area contributed by atoms with E-state index in [0.717, 1.165) is 56.1 Å². The Morgan fingerprint density at radius 2 is 1.06 bits per heavy atom. The van der Waals surface area contributed by atoms with E-state index < -0.39 is 5.41 Å². The maximum absolute atomic E-state index is 7.04. The molecule has 316 valence electrons. The average Bonchev–Trinajstić information content (AvgIpc) is 4.17. The number of nitrogens with zero attached hydrogens (tertiary/aromatic N) is 2. The predicted molar refractivity (Wildman–Crippen MR) is 279 cm³/mol. The topological polar surface area (TPSA) is 19.6 Å². The van der Waals surface area contributed by atoms with Crippen LogP contribution in [0.15, 0.2) is 215 Å². The largest absolute Gasteiger partial charge is 0.454 e. The van der Waals surface area contributed by atoms with Gasteiger partial charge in [-0.15, -0.1) is 22.7 Å². The molecule has 5 heteroatoms. The first-order chi connectivity index (χ1) is 32.4. The average molecular weight is 885 g/mol. The molecule has 1 aliphatic heterocycles. The highest BCUT2D eigenvalue weighted by atomic mass is 32.1. The lowest BCUT2D eigenvalue weighted by Gasteiger charge is -2.44. The minimum atomic E-state index is -0.498. The van der Waals surface area contributed by atoms with E-state index in [1.165, 1.54) is 59.8 Å². The first kappa shape index (κ1) is 39.0. The van der Waals surface area contributed by atoms with Crippen LogP contribution < -0.4 is 9.80 Å². The summed E-state index contributed by atoms with van der Waals surface area (Å²) in [5, 5.41) is 6.77. The standard InChI is InChI=1S/C61H44N2OS2/c1-60(2,3)43-26-30-45(31-27-43)62(44-28-24-42(25-29-44)41-22-20-40(21-23-41)39-12-5-4-6-13-39)46-14-11-15-47(38-46)63-54-18-9-8-17-50(54)61(52-34-36-65-58(52)59-53(61)35-37-66-59)51-33-32-49-48-16-7-10-19-55(48)64-57(49)56(51)63/h4-38H,1-3H3. The summed E-state index contributed by atoms with van der Waals surface area (Å²) < 4.78 is 7.04. The summed E-state index contributed by atoms with van der Waals surface area (Å²) in [4.78, 5) is 7.60. The highest BCUT2D eigenvalue weighted by Gasteiger charge is 2.53. The number of hydrogen-bond donors (Lipinski definition) is 0. The summed E-state index contributed by atoms with van der Waals surface area (Å²) in [6.45, 7) is 6.82. The second-order valence-corrected chi connectivity index (χ2v) is 20.3. The molecular weight excluding hydrogens is 841 g/mol. The second kappa shape index (κ2) is 14.8. The molecule has 11 aromatic rings. The van der Waals surface area contributed by atoms with Gasteiger partial charge in [0.2, 0.25) is 0 Å². The molecule has 0 fully saturated rings. The lowest BCUT2D eigenvalue weighted by Crippen LogP contribution is -2.36. The van der Waals surface area contributed by atoms with E-state index in [9.17, 15) is 0 Å². The Morgan fingerprint density at radius 3 is 1.74 bits per heavy atom. The van der Waals surface area contributed by atoms with Crippen molar-refractivity contribution >= 4 is 78.7 Å². The minimum absolute atomic E-state index is 0.0300. The third kappa shape index (κ3) is 5.80. The van der Waals surface area contributed by atoms with Crippen molar-refractivity contribution in [2.24, 2.45) is 0 Å². The molecule has 1 spiro atoms. The summed E-state index contributed by atoms with van der Waals surface area (Å²) >= 11 is 3.70. The molecule has 4 heterocycles. The zero-order valence-corrected chi connectivity index (χ0v) is 38.5. The van der Waals surface area contributed by atoms with Crippen LogP contribution in [0.1, 0.15) is 48.6 Å². The maximum Gasteiger partial charge on any atom is 0.159 e. The Morgan fingerprint density at radius 1 is 0.470 bits per heavy atom. The summed E-state index contributed by atoms with van der Waals surface area (Å²) in [5.41, 5.74) is 19.2. The quantitative estimate of drug-likeness (QED) is 0.166. The number of furan rings is 1. The Hall–Kier alpha value is -7.44. The first-order valence-electron chi connectivity index (χ1n) is 22.6. The molecule has 66 heavy (non-hydrogen) atoms. The lowest BCUT2D eigenvalue weighted by molar-refractivity contribution is 0.590. The van der Waals surface area contributed by atoms with Gasteiger partial charge < -0.3 is 14.2 Å². The van der Waals surface area contributed by atoms with Crippen LogP contribution in [-0.2, 0) is 10.8 Å². The molecule has 1 aliphatic carbocycles. The monoisotopic (exact) mass is 884 g/mol. The molecule has 0 unspecified atom stereocenters. The zero-order chi connectivity index (χ0) is 44.1. The van der Waals surface area contributed by atoms with Crippen molar-refractivity contribution in [2.75, 3.05) is 9.80 Å². The Kier molecular flexibility index (Phi) is 8.74. The van der Waals surface area contributed by atoms with E-state index in [-0.39, 0.29) is 5.41 Å². The Bertz CT molecular complexity index is 3590. The van der Waals surface area contributed by atoms with Gasteiger partial charge in [-0.25, -0.2) is 0 Å². The van der Waals surface area contributed by atoms with Crippen molar-refractivity contribution in [1.29, 1.82) is 0 Å². The van der Waals surface area contributed by atoms with Crippen LogP contribution in [0, 0.1) is 0 Å². The van der Waals surface area contributed by atoms with Crippen LogP contribution in [0.4, 0.5) is 34.1 Å². The summed E-state index contributed by atoms with van der Waals surface area (Å²) in [5.74, 6) is 0. The van der Waals surface area contributed by atoms with Gasteiger partial charge in [0, 0.05) is 43.3 Å². The fourth-order valence-corrected chi connectivity index (χ4v) is 12.8. The molecule has 0 amide bonds. The van der Waals surface area contributed by atoms with E-state index in [0.29, 0.717) is 0 Å². The highest BCUT2D eigenvalue weighted by molar-refractivity contribution is 7.21. The molecule has 0 radical (unpaired) electrons. The predicted octanol–water partition coefficient (Wildman–Crippen LogP) is 18.0. The molecule has 8 aromatic carbocycles. The fraction of sp³-hybridized carbons (Fsp3) is 0.0820. The second-order valence-electron chi connectivity index (χ2n) is 18.5. The van der Waals surface area contributed by atoms with E-state index >= 15 is 0 Å². The molecule has 13 rings (SSSR count). The number of thiophene rings is 2. The fourth-order valence-electron chi connectivity index (χ4n) is 10.7. The van der Waals surface area contributed by atoms with Crippen molar-refractivity contribution in [3.05, 3.63) is 239 Å². The van der Waals surface area contributed by atoms with Gasteiger partial charge in [0.25, 0.3) is 0 Å². The van der Waals surface area contributed by atoms with Crippen molar-refractivity contribution < 1.29 is 4.42 Å². The van der Waals surface area contributed by atoms with E-state index in [1.807, 2.05) is 22.7 Å².